The van der Waals surface area contributed by atoms with Crippen molar-refractivity contribution in [3.05, 3.63) is 12.7 Å². The Morgan fingerprint density at radius 3 is 3.11 bits per heavy atom. The standard InChI is InChI=1S/C12H20N4O2/c1-13-12(11(17)18-2)6-3-4-10(12)5-7-16-9-14-8-15-16/h8-10,13H,3-7H2,1-2H3. The lowest BCUT2D eigenvalue weighted by Gasteiger charge is -2.32. The molecule has 0 radical (unpaired) electrons. The predicted octanol–water partition coefficient (Wildman–Crippen LogP) is 0.599. The molecule has 1 fully saturated rings. The molecule has 0 aliphatic heterocycles. The summed E-state index contributed by atoms with van der Waals surface area (Å²) in [7, 11) is 3.29. The molecule has 100 valence electrons. The van der Waals surface area contributed by atoms with Gasteiger partial charge in [0, 0.05) is 6.54 Å². The number of likely N-dealkylation sites (N-methyl/N-ethyl adjacent to an activating group) is 1. The Labute approximate surface area is 107 Å². The van der Waals surface area contributed by atoms with Crippen LogP contribution in [0.2, 0.25) is 0 Å². The van der Waals surface area contributed by atoms with Gasteiger partial charge in [0.25, 0.3) is 0 Å². The molecule has 6 nitrogen and oxygen atoms in total. The number of nitrogens with one attached hydrogen (secondary N) is 1. The third-order valence-corrected chi connectivity index (χ3v) is 3.99. The van der Waals surface area contributed by atoms with E-state index in [0.29, 0.717) is 5.92 Å². The average Bonchev–Trinajstić information content (AvgIpc) is 3.04. The van der Waals surface area contributed by atoms with Gasteiger partial charge in [-0.25, -0.2) is 4.98 Å². The molecule has 1 aliphatic carbocycles. The number of methoxy groups -OCH3 is 1. The second kappa shape index (κ2) is 5.48. The van der Waals surface area contributed by atoms with E-state index < -0.39 is 5.54 Å². The van der Waals surface area contributed by atoms with Gasteiger partial charge in [0.2, 0.25) is 0 Å². The minimum absolute atomic E-state index is 0.147. The second-order valence-electron chi connectivity index (χ2n) is 4.75. The van der Waals surface area contributed by atoms with Crippen LogP contribution >= 0.6 is 0 Å². The zero-order valence-corrected chi connectivity index (χ0v) is 10.9. The van der Waals surface area contributed by atoms with E-state index in [1.807, 2.05) is 7.05 Å². The molecule has 2 atom stereocenters. The van der Waals surface area contributed by atoms with Crippen LogP contribution in [-0.2, 0) is 16.1 Å². The summed E-state index contributed by atoms with van der Waals surface area (Å²) in [5, 5.41) is 7.27. The highest BCUT2D eigenvalue weighted by Crippen LogP contribution is 2.38. The Bertz CT molecular complexity index is 393. The molecule has 1 aromatic heterocycles. The van der Waals surface area contributed by atoms with Crippen LogP contribution in [0.25, 0.3) is 0 Å². The highest BCUT2D eigenvalue weighted by molar-refractivity contribution is 5.81. The highest BCUT2D eigenvalue weighted by Gasteiger charge is 2.48. The van der Waals surface area contributed by atoms with Crippen LogP contribution in [0.3, 0.4) is 0 Å². The largest absolute Gasteiger partial charge is 0.468 e. The van der Waals surface area contributed by atoms with Gasteiger partial charge in [-0.2, -0.15) is 5.10 Å². The van der Waals surface area contributed by atoms with Crippen LogP contribution in [0, 0.1) is 5.92 Å². The summed E-state index contributed by atoms with van der Waals surface area (Å²) in [6.07, 6.45) is 7.08. The van der Waals surface area contributed by atoms with Gasteiger partial charge in [0.15, 0.2) is 0 Å². The second-order valence-corrected chi connectivity index (χ2v) is 4.75. The van der Waals surface area contributed by atoms with E-state index in [2.05, 4.69) is 15.4 Å². The van der Waals surface area contributed by atoms with Crippen LogP contribution in [0.15, 0.2) is 12.7 Å². The van der Waals surface area contributed by atoms with E-state index in [0.717, 1.165) is 32.2 Å². The molecule has 1 heterocycles. The Hall–Kier alpha value is -1.43. The zero-order valence-electron chi connectivity index (χ0n) is 10.9. The van der Waals surface area contributed by atoms with Crippen LogP contribution in [0.5, 0.6) is 0 Å². The summed E-state index contributed by atoms with van der Waals surface area (Å²) in [6.45, 7) is 0.783. The van der Waals surface area contributed by atoms with Gasteiger partial charge in [-0.15, -0.1) is 0 Å². The van der Waals surface area contributed by atoms with E-state index in [1.165, 1.54) is 13.4 Å². The number of ether oxygens (including phenoxy) is 1. The fraction of sp³-hybridized carbons (Fsp3) is 0.750. The van der Waals surface area contributed by atoms with Gasteiger partial charge in [-0.3, -0.25) is 9.48 Å². The lowest BCUT2D eigenvalue weighted by molar-refractivity contribution is -0.150. The number of carbonyl (C=O) groups is 1. The van der Waals surface area contributed by atoms with Crippen molar-refractivity contribution in [2.45, 2.75) is 37.8 Å². The summed E-state index contributed by atoms with van der Waals surface area (Å²) >= 11 is 0. The first-order valence-corrected chi connectivity index (χ1v) is 6.32. The van der Waals surface area contributed by atoms with E-state index in [9.17, 15) is 4.79 Å². The first-order valence-electron chi connectivity index (χ1n) is 6.32. The maximum atomic E-state index is 12.0. The molecule has 1 aromatic rings. The van der Waals surface area contributed by atoms with Gasteiger partial charge in [-0.05, 0) is 32.2 Å². The maximum Gasteiger partial charge on any atom is 0.326 e. The fourth-order valence-corrected chi connectivity index (χ4v) is 2.99. The van der Waals surface area contributed by atoms with Crippen molar-refractivity contribution in [1.82, 2.24) is 20.1 Å². The molecule has 0 bridgehead atoms. The number of aryl methyl sites for hydroxylation is 1. The Kier molecular flexibility index (Phi) is 3.96. The van der Waals surface area contributed by atoms with Crippen molar-refractivity contribution in [1.29, 1.82) is 0 Å². The number of nitrogens with zero attached hydrogens (tertiary/aromatic N) is 3. The molecule has 0 aromatic carbocycles. The monoisotopic (exact) mass is 252 g/mol. The summed E-state index contributed by atoms with van der Waals surface area (Å²) in [6, 6.07) is 0. The number of aromatic nitrogens is 3. The van der Waals surface area contributed by atoms with Gasteiger partial charge in [0.1, 0.15) is 18.2 Å². The van der Waals surface area contributed by atoms with Crippen molar-refractivity contribution in [2.24, 2.45) is 5.92 Å². The predicted molar refractivity (Wildman–Crippen MR) is 65.8 cm³/mol. The Morgan fingerprint density at radius 1 is 1.67 bits per heavy atom. The zero-order chi connectivity index (χ0) is 13.0. The van der Waals surface area contributed by atoms with Crippen LogP contribution in [0.1, 0.15) is 25.7 Å². The number of hydrogen-bond donors (Lipinski definition) is 1. The van der Waals surface area contributed by atoms with E-state index in [4.69, 9.17) is 4.74 Å². The number of carbonyl (C=O) groups excluding carboxylic acids is 1. The molecule has 2 unspecified atom stereocenters. The number of hydrogen-bond acceptors (Lipinski definition) is 5. The van der Waals surface area contributed by atoms with Crippen molar-refractivity contribution < 1.29 is 9.53 Å². The maximum absolute atomic E-state index is 12.0. The molecule has 0 amide bonds. The smallest absolute Gasteiger partial charge is 0.326 e. The quantitative estimate of drug-likeness (QED) is 0.777. The number of rotatable bonds is 5. The summed E-state index contributed by atoms with van der Waals surface area (Å²) < 4.78 is 6.76. The molecule has 0 spiro atoms. The lowest BCUT2D eigenvalue weighted by atomic mass is 9.84. The topological polar surface area (TPSA) is 69.0 Å². The third-order valence-electron chi connectivity index (χ3n) is 3.99. The molecule has 1 N–H and O–H groups in total. The van der Waals surface area contributed by atoms with E-state index in [1.54, 1.807) is 11.0 Å². The summed E-state index contributed by atoms with van der Waals surface area (Å²) in [5.41, 5.74) is -0.519. The molecule has 1 saturated carbocycles. The van der Waals surface area contributed by atoms with Crippen LogP contribution in [0.4, 0.5) is 0 Å². The normalized spacial score (nSPS) is 27.3. The highest BCUT2D eigenvalue weighted by atomic mass is 16.5. The molecule has 0 saturated heterocycles. The minimum atomic E-state index is -0.519. The van der Waals surface area contributed by atoms with Crippen LogP contribution < -0.4 is 5.32 Å². The third kappa shape index (κ3) is 2.25. The lowest BCUT2D eigenvalue weighted by Crippen LogP contribution is -2.54. The molecular formula is C12H20N4O2. The van der Waals surface area contributed by atoms with Crippen molar-refractivity contribution in [3.8, 4) is 0 Å². The van der Waals surface area contributed by atoms with Gasteiger partial charge < -0.3 is 10.1 Å². The van der Waals surface area contributed by atoms with Crippen molar-refractivity contribution in [3.63, 3.8) is 0 Å². The van der Waals surface area contributed by atoms with Crippen molar-refractivity contribution in [2.75, 3.05) is 14.2 Å². The fourth-order valence-electron chi connectivity index (χ4n) is 2.99. The average molecular weight is 252 g/mol. The minimum Gasteiger partial charge on any atom is -0.468 e. The molecular weight excluding hydrogens is 232 g/mol. The Morgan fingerprint density at radius 2 is 2.50 bits per heavy atom. The van der Waals surface area contributed by atoms with Gasteiger partial charge >= 0.3 is 5.97 Å². The SMILES string of the molecule is CNC1(C(=O)OC)CCCC1CCn1cncn1. The van der Waals surface area contributed by atoms with Gasteiger partial charge in [0.05, 0.1) is 7.11 Å². The van der Waals surface area contributed by atoms with E-state index >= 15 is 0 Å². The van der Waals surface area contributed by atoms with Gasteiger partial charge in [-0.1, -0.05) is 6.42 Å². The first kappa shape index (κ1) is 13.0. The molecule has 18 heavy (non-hydrogen) atoms. The summed E-state index contributed by atoms with van der Waals surface area (Å²) in [5.74, 6) is 0.144. The molecule has 6 heteroatoms. The summed E-state index contributed by atoms with van der Waals surface area (Å²) in [4.78, 5) is 15.9. The first-order chi connectivity index (χ1) is 8.73. The number of esters is 1. The van der Waals surface area contributed by atoms with Crippen LogP contribution in [-0.4, -0.2) is 40.4 Å². The molecule has 2 rings (SSSR count). The van der Waals surface area contributed by atoms with Crippen molar-refractivity contribution >= 4 is 5.97 Å². The van der Waals surface area contributed by atoms with E-state index in [-0.39, 0.29) is 5.97 Å². The Balaban J connectivity index is 2.03. The molecule has 1 aliphatic rings.